The van der Waals surface area contributed by atoms with Crippen molar-refractivity contribution in [3.05, 3.63) is 39.9 Å². The Labute approximate surface area is 165 Å². The van der Waals surface area contributed by atoms with Crippen molar-refractivity contribution in [3.63, 3.8) is 0 Å². The molecule has 0 unspecified atom stereocenters. The van der Waals surface area contributed by atoms with Crippen molar-refractivity contribution < 1.29 is 9.59 Å². The van der Waals surface area contributed by atoms with Crippen LogP contribution < -0.4 is 21.7 Å². The molecule has 1 aliphatic heterocycles. The fourth-order valence-electron chi connectivity index (χ4n) is 2.79. The lowest BCUT2D eigenvalue weighted by molar-refractivity contribution is 0.0932. The van der Waals surface area contributed by atoms with Gasteiger partial charge in [0.15, 0.2) is 0 Å². The molecule has 2 heterocycles. The Hall–Kier alpha value is -1.80. The van der Waals surface area contributed by atoms with Crippen LogP contribution in [-0.4, -0.2) is 31.1 Å². The fourth-order valence-corrected chi connectivity index (χ4v) is 4.15. The topological polar surface area (TPSA) is 96.2 Å². The number of thiophene rings is 1. The van der Waals surface area contributed by atoms with E-state index >= 15 is 0 Å². The SMILES string of the molecule is NC(=O)Nc1sc(-c2ccc(Cl)c(Cl)c2)cc1C(=O)N[C@H]1CCCNC1. The van der Waals surface area contributed by atoms with Crippen molar-refractivity contribution in [1.29, 1.82) is 0 Å². The lowest BCUT2D eigenvalue weighted by Crippen LogP contribution is -2.45. The van der Waals surface area contributed by atoms with E-state index in [1.165, 1.54) is 11.3 Å². The molecular formula is C17H18Cl2N4O2S. The number of primary amides is 1. The van der Waals surface area contributed by atoms with Crippen LogP contribution in [0.25, 0.3) is 10.4 Å². The zero-order chi connectivity index (χ0) is 18.7. The van der Waals surface area contributed by atoms with Crippen molar-refractivity contribution in [2.45, 2.75) is 18.9 Å². The molecule has 2 aromatic rings. The number of carbonyl (C=O) groups excluding carboxylic acids is 2. The molecule has 3 amide bonds. The van der Waals surface area contributed by atoms with E-state index in [0.717, 1.165) is 36.4 Å². The molecule has 138 valence electrons. The molecule has 1 saturated heterocycles. The van der Waals surface area contributed by atoms with Gasteiger partial charge in [-0.2, -0.15) is 0 Å². The summed E-state index contributed by atoms with van der Waals surface area (Å²) in [5.74, 6) is -0.245. The Morgan fingerprint density at radius 2 is 2.04 bits per heavy atom. The molecule has 0 bridgehead atoms. The number of hydrogen-bond donors (Lipinski definition) is 4. The molecule has 9 heteroatoms. The fraction of sp³-hybridized carbons (Fsp3) is 0.294. The van der Waals surface area contributed by atoms with Crippen LogP contribution in [0, 0.1) is 0 Å². The zero-order valence-corrected chi connectivity index (χ0v) is 16.1. The standard InChI is InChI=1S/C17H18Cl2N4O2S/c18-12-4-3-9(6-13(12)19)14-7-11(16(26-14)23-17(20)25)15(24)22-10-2-1-5-21-8-10/h3-4,6-7,10,21H,1-2,5,8H2,(H,22,24)(H3,20,23,25)/t10-/m0/s1. The first-order valence-corrected chi connectivity index (χ1v) is 9.68. The predicted octanol–water partition coefficient (Wildman–Crippen LogP) is 3.69. The van der Waals surface area contributed by atoms with Crippen LogP contribution >= 0.6 is 34.5 Å². The predicted molar refractivity (Wildman–Crippen MR) is 106 cm³/mol. The van der Waals surface area contributed by atoms with Gasteiger partial charge in [-0.15, -0.1) is 11.3 Å². The number of halogens is 2. The van der Waals surface area contributed by atoms with Gasteiger partial charge in [0.25, 0.3) is 5.91 Å². The average molecular weight is 413 g/mol. The van der Waals surface area contributed by atoms with Gasteiger partial charge >= 0.3 is 6.03 Å². The summed E-state index contributed by atoms with van der Waals surface area (Å²) in [5.41, 5.74) is 6.42. The van der Waals surface area contributed by atoms with Gasteiger partial charge in [0.05, 0.1) is 15.6 Å². The summed E-state index contributed by atoms with van der Waals surface area (Å²) in [6, 6.07) is 6.28. The van der Waals surface area contributed by atoms with E-state index in [1.807, 2.05) is 0 Å². The highest BCUT2D eigenvalue weighted by molar-refractivity contribution is 7.20. The minimum Gasteiger partial charge on any atom is -0.351 e. The van der Waals surface area contributed by atoms with Crippen LogP contribution in [0.15, 0.2) is 24.3 Å². The maximum Gasteiger partial charge on any atom is 0.317 e. The largest absolute Gasteiger partial charge is 0.351 e. The molecule has 5 N–H and O–H groups in total. The molecule has 1 aliphatic rings. The molecule has 0 saturated carbocycles. The van der Waals surface area contributed by atoms with Crippen molar-refractivity contribution in [1.82, 2.24) is 10.6 Å². The summed E-state index contributed by atoms with van der Waals surface area (Å²) in [6.07, 6.45) is 1.93. The zero-order valence-electron chi connectivity index (χ0n) is 13.8. The monoisotopic (exact) mass is 412 g/mol. The van der Waals surface area contributed by atoms with Crippen LogP contribution in [0.3, 0.4) is 0 Å². The molecule has 0 radical (unpaired) electrons. The van der Waals surface area contributed by atoms with E-state index in [1.54, 1.807) is 24.3 Å². The third-order valence-electron chi connectivity index (χ3n) is 4.05. The molecule has 3 rings (SSSR count). The van der Waals surface area contributed by atoms with Gasteiger partial charge in [-0.3, -0.25) is 10.1 Å². The minimum atomic E-state index is -0.721. The molecule has 1 aromatic heterocycles. The molecule has 1 aromatic carbocycles. The third kappa shape index (κ3) is 4.48. The number of urea groups is 1. The lowest BCUT2D eigenvalue weighted by atomic mass is 10.1. The molecule has 0 spiro atoms. The highest BCUT2D eigenvalue weighted by Gasteiger charge is 2.22. The number of anilines is 1. The Kier molecular flexibility index (Phi) is 6.03. The van der Waals surface area contributed by atoms with E-state index in [2.05, 4.69) is 16.0 Å². The maximum absolute atomic E-state index is 12.7. The van der Waals surface area contributed by atoms with Crippen LogP contribution in [0.5, 0.6) is 0 Å². The smallest absolute Gasteiger partial charge is 0.317 e. The van der Waals surface area contributed by atoms with Gasteiger partial charge in [-0.25, -0.2) is 4.79 Å². The van der Waals surface area contributed by atoms with Crippen LogP contribution in [0.2, 0.25) is 10.0 Å². The van der Waals surface area contributed by atoms with Crippen molar-refractivity contribution in [2.75, 3.05) is 18.4 Å². The Bertz CT molecular complexity index is 834. The first-order valence-electron chi connectivity index (χ1n) is 8.11. The van der Waals surface area contributed by atoms with Crippen molar-refractivity contribution in [3.8, 4) is 10.4 Å². The quantitative estimate of drug-likeness (QED) is 0.616. The van der Waals surface area contributed by atoms with E-state index in [0.29, 0.717) is 20.6 Å². The van der Waals surface area contributed by atoms with Crippen LogP contribution in [0.4, 0.5) is 9.80 Å². The number of benzene rings is 1. The number of piperidine rings is 1. The van der Waals surface area contributed by atoms with Gasteiger partial charge in [0, 0.05) is 17.5 Å². The molecule has 1 atom stereocenters. The van der Waals surface area contributed by atoms with E-state index in [-0.39, 0.29) is 11.9 Å². The highest BCUT2D eigenvalue weighted by Crippen LogP contribution is 2.37. The summed E-state index contributed by atoms with van der Waals surface area (Å²) in [6.45, 7) is 1.69. The first-order chi connectivity index (χ1) is 12.4. The summed E-state index contributed by atoms with van der Waals surface area (Å²) < 4.78 is 0. The number of amides is 3. The summed E-state index contributed by atoms with van der Waals surface area (Å²) in [7, 11) is 0. The van der Waals surface area contributed by atoms with Crippen LogP contribution in [0.1, 0.15) is 23.2 Å². The van der Waals surface area contributed by atoms with E-state index in [4.69, 9.17) is 28.9 Å². The molecule has 26 heavy (non-hydrogen) atoms. The number of carbonyl (C=O) groups is 2. The average Bonchev–Trinajstić information content (AvgIpc) is 3.01. The Balaban J connectivity index is 1.89. The van der Waals surface area contributed by atoms with Gasteiger partial charge in [0.1, 0.15) is 5.00 Å². The second-order valence-corrected chi connectivity index (χ2v) is 7.85. The maximum atomic E-state index is 12.7. The van der Waals surface area contributed by atoms with E-state index in [9.17, 15) is 9.59 Å². The minimum absolute atomic E-state index is 0.0611. The molecule has 1 fully saturated rings. The van der Waals surface area contributed by atoms with Gasteiger partial charge in [-0.05, 0) is 43.1 Å². The normalized spacial score (nSPS) is 16.9. The Morgan fingerprint density at radius 1 is 1.23 bits per heavy atom. The molecule has 6 nitrogen and oxygen atoms in total. The summed E-state index contributed by atoms with van der Waals surface area (Å²) in [4.78, 5) is 24.8. The first kappa shape index (κ1) is 19.0. The Morgan fingerprint density at radius 3 is 2.69 bits per heavy atom. The van der Waals surface area contributed by atoms with E-state index < -0.39 is 6.03 Å². The van der Waals surface area contributed by atoms with Crippen molar-refractivity contribution in [2.24, 2.45) is 5.73 Å². The number of hydrogen-bond acceptors (Lipinski definition) is 4. The van der Waals surface area contributed by atoms with Crippen LogP contribution in [-0.2, 0) is 0 Å². The number of nitrogens with two attached hydrogens (primary N) is 1. The van der Waals surface area contributed by atoms with Crippen molar-refractivity contribution >= 4 is 51.5 Å². The number of rotatable bonds is 4. The van der Waals surface area contributed by atoms with Gasteiger partial charge in [-0.1, -0.05) is 29.3 Å². The third-order valence-corrected chi connectivity index (χ3v) is 5.89. The lowest BCUT2D eigenvalue weighted by Gasteiger charge is -2.23. The highest BCUT2D eigenvalue weighted by atomic mass is 35.5. The van der Waals surface area contributed by atoms with Gasteiger partial charge in [0.2, 0.25) is 0 Å². The number of nitrogens with one attached hydrogen (secondary N) is 3. The summed E-state index contributed by atoms with van der Waals surface area (Å²) in [5, 5.41) is 10.1. The second kappa shape index (κ2) is 8.26. The summed E-state index contributed by atoms with van der Waals surface area (Å²) >= 11 is 13.3. The molecular weight excluding hydrogens is 395 g/mol. The van der Waals surface area contributed by atoms with Gasteiger partial charge < -0.3 is 16.4 Å². The molecule has 0 aliphatic carbocycles. The second-order valence-electron chi connectivity index (χ2n) is 5.99.